The third kappa shape index (κ3) is 6.48. The smallest absolute Gasteiger partial charge is 0.387 e. The van der Waals surface area contributed by atoms with Crippen LogP contribution in [0.5, 0.6) is 5.75 Å². The molecule has 0 bridgehead atoms. The maximum absolute atomic E-state index is 12.5. The zero-order valence-electron chi connectivity index (χ0n) is 19.6. The van der Waals surface area contributed by atoms with E-state index in [1.165, 1.54) is 29.0 Å². The average molecular weight is 470 g/mol. The summed E-state index contributed by atoms with van der Waals surface area (Å²) >= 11 is 1.47. The quantitative estimate of drug-likeness (QED) is 0.275. The lowest BCUT2D eigenvalue weighted by Crippen LogP contribution is -2.15. The third-order valence-corrected chi connectivity index (χ3v) is 5.82. The predicted octanol–water partition coefficient (Wildman–Crippen LogP) is 6.86. The van der Waals surface area contributed by atoms with Crippen LogP contribution in [0.1, 0.15) is 45.7 Å². The first-order valence-electron chi connectivity index (χ1n) is 10.6. The summed E-state index contributed by atoms with van der Waals surface area (Å²) in [7, 11) is 0. The fourth-order valence-corrected chi connectivity index (χ4v) is 3.96. The van der Waals surface area contributed by atoms with E-state index < -0.39 is 6.61 Å². The van der Waals surface area contributed by atoms with Crippen LogP contribution in [-0.4, -0.2) is 23.5 Å². The Morgan fingerprint density at radius 1 is 1.06 bits per heavy atom. The van der Waals surface area contributed by atoms with Crippen LogP contribution >= 0.6 is 11.3 Å². The second kappa shape index (κ2) is 10.3. The lowest BCUT2D eigenvalue weighted by atomic mass is 9.86. The molecule has 0 atom stereocenters. The molecule has 0 fully saturated rings. The SMILES string of the molecule is C=C(C)CN=c1scc(-c2ccc(OC(F)F)cc2)n1/N=C(\C)c1ccc(C(C)(C)C)cc1. The molecule has 0 amide bonds. The van der Waals surface area contributed by atoms with Crippen molar-refractivity contribution in [2.75, 3.05) is 6.54 Å². The van der Waals surface area contributed by atoms with Gasteiger partial charge in [0, 0.05) is 10.9 Å². The molecule has 0 saturated carbocycles. The largest absolute Gasteiger partial charge is 0.435 e. The van der Waals surface area contributed by atoms with Gasteiger partial charge in [0.25, 0.3) is 0 Å². The number of aromatic nitrogens is 1. The molecule has 0 radical (unpaired) electrons. The number of benzene rings is 2. The molecule has 0 saturated heterocycles. The lowest BCUT2D eigenvalue weighted by molar-refractivity contribution is -0.0498. The summed E-state index contributed by atoms with van der Waals surface area (Å²) in [6, 6.07) is 14.9. The molecule has 3 aromatic rings. The summed E-state index contributed by atoms with van der Waals surface area (Å²) in [6.07, 6.45) is 0. The van der Waals surface area contributed by atoms with Gasteiger partial charge in [-0.05, 0) is 54.7 Å². The number of rotatable bonds is 7. The van der Waals surface area contributed by atoms with Crippen LogP contribution in [0.4, 0.5) is 8.78 Å². The van der Waals surface area contributed by atoms with Crippen molar-refractivity contribution in [3.8, 4) is 17.0 Å². The minimum atomic E-state index is -2.86. The second-order valence-electron chi connectivity index (χ2n) is 8.90. The Kier molecular flexibility index (Phi) is 7.64. The van der Waals surface area contributed by atoms with Crippen LogP contribution in [-0.2, 0) is 5.41 Å². The molecule has 0 aliphatic carbocycles. The number of ether oxygens (including phenoxy) is 1. The Hall–Kier alpha value is -3.06. The van der Waals surface area contributed by atoms with Crippen LogP contribution < -0.4 is 9.54 Å². The van der Waals surface area contributed by atoms with Gasteiger partial charge in [-0.3, -0.25) is 4.99 Å². The molecule has 174 valence electrons. The molecule has 0 N–H and O–H groups in total. The summed E-state index contributed by atoms with van der Waals surface area (Å²) in [5, 5.41) is 6.83. The van der Waals surface area contributed by atoms with E-state index >= 15 is 0 Å². The van der Waals surface area contributed by atoms with Crippen molar-refractivity contribution in [2.24, 2.45) is 10.1 Å². The van der Waals surface area contributed by atoms with Gasteiger partial charge >= 0.3 is 6.61 Å². The fraction of sp³-hybridized carbons (Fsp3) is 0.308. The van der Waals surface area contributed by atoms with Crippen LogP contribution in [0.3, 0.4) is 0 Å². The summed E-state index contributed by atoms with van der Waals surface area (Å²) in [4.78, 5) is 5.38. The van der Waals surface area contributed by atoms with Gasteiger partial charge in [-0.2, -0.15) is 13.9 Å². The van der Waals surface area contributed by atoms with E-state index in [9.17, 15) is 8.78 Å². The van der Waals surface area contributed by atoms with Crippen LogP contribution in [0, 0.1) is 0 Å². The number of thiazole rings is 1. The number of alkyl halides is 2. The molecule has 1 heterocycles. The maximum atomic E-state index is 12.5. The van der Waals surface area contributed by atoms with E-state index in [1.807, 2.05) is 19.2 Å². The Labute approximate surface area is 197 Å². The highest BCUT2D eigenvalue weighted by atomic mass is 32.1. The fourth-order valence-electron chi connectivity index (χ4n) is 3.13. The van der Waals surface area contributed by atoms with Crippen LogP contribution in [0.15, 0.2) is 76.2 Å². The number of halogens is 2. The van der Waals surface area contributed by atoms with Crippen LogP contribution in [0.2, 0.25) is 0 Å². The van der Waals surface area contributed by atoms with Gasteiger partial charge in [0.05, 0.1) is 18.0 Å². The summed E-state index contributed by atoms with van der Waals surface area (Å²) in [5.41, 5.74) is 5.77. The van der Waals surface area contributed by atoms with Crippen molar-refractivity contribution < 1.29 is 13.5 Å². The lowest BCUT2D eigenvalue weighted by Gasteiger charge is -2.19. The normalized spacial score (nSPS) is 13.0. The van der Waals surface area contributed by atoms with Gasteiger partial charge in [0.1, 0.15) is 5.75 Å². The van der Waals surface area contributed by atoms with E-state index in [-0.39, 0.29) is 11.2 Å². The zero-order chi connectivity index (χ0) is 24.2. The second-order valence-corrected chi connectivity index (χ2v) is 9.74. The van der Waals surface area contributed by atoms with E-state index in [4.69, 9.17) is 5.10 Å². The molecule has 4 nitrogen and oxygen atoms in total. The molecule has 3 rings (SSSR count). The Balaban J connectivity index is 2.04. The van der Waals surface area contributed by atoms with E-state index in [1.54, 1.807) is 16.8 Å². The minimum absolute atomic E-state index is 0.0770. The molecular formula is C26H29F2N3OS. The third-order valence-electron chi connectivity index (χ3n) is 4.96. The van der Waals surface area contributed by atoms with Crippen LogP contribution in [0.25, 0.3) is 11.3 Å². The minimum Gasteiger partial charge on any atom is -0.435 e. The first kappa shape index (κ1) is 24.6. The molecule has 1 aromatic heterocycles. The topological polar surface area (TPSA) is 38.9 Å². The summed E-state index contributed by atoms with van der Waals surface area (Å²) in [6.45, 7) is 12.0. The van der Waals surface area contributed by atoms with E-state index in [0.717, 1.165) is 32.9 Å². The molecule has 0 aliphatic heterocycles. The highest BCUT2D eigenvalue weighted by Gasteiger charge is 2.14. The van der Waals surface area contributed by atoms with Gasteiger partial charge in [-0.25, -0.2) is 4.68 Å². The first-order chi connectivity index (χ1) is 15.5. The number of nitrogens with zero attached hydrogens (tertiary/aromatic N) is 3. The monoisotopic (exact) mass is 469 g/mol. The molecule has 2 aromatic carbocycles. The molecule has 0 unspecified atom stereocenters. The summed E-state index contributed by atoms with van der Waals surface area (Å²) < 4.78 is 31.3. The van der Waals surface area contributed by atoms with Crippen molar-refractivity contribution in [2.45, 2.75) is 46.6 Å². The van der Waals surface area contributed by atoms with E-state index in [0.29, 0.717) is 6.54 Å². The Bertz CT molecular complexity index is 1200. The standard InChI is InChI=1S/C26H29F2N3OS/c1-17(2)15-29-25-31(30-18(3)19-7-11-21(12-8-19)26(4,5)6)23(16-33-25)20-9-13-22(14-10-20)32-24(27)28/h7-14,16,24H,1,15H2,2-6H3/b29-25?,30-18+. The van der Waals surface area contributed by atoms with Gasteiger partial charge in [0.2, 0.25) is 4.80 Å². The Morgan fingerprint density at radius 3 is 2.24 bits per heavy atom. The molecule has 33 heavy (non-hydrogen) atoms. The molecule has 0 spiro atoms. The van der Waals surface area contributed by atoms with Crippen molar-refractivity contribution >= 4 is 17.0 Å². The van der Waals surface area contributed by atoms with E-state index in [2.05, 4.69) is 61.3 Å². The van der Waals surface area contributed by atoms with Gasteiger partial charge in [-0.1, -0.05) is 57.2 Å². The first-order valence-corrected chi connectivity index (χ1v) is 11.5. The molecule has 0 aliphatic rings. The van der Waals surface area contributed by atoms with Gasteiger partial charge in [0.15, 0.2) is 0 Å². The molecule has 7 heteroatoms. The van der Waals surface area contributed by atoms with Gasteiger partial charge < -0.3 is 4.74 Å². The van der Waals surface area contributed by atoms with Crippen molar-refractivity contribution in [3.63, 3.8) is 0 Å². The van der Waals surface area contributed by atoms with Crippen molar-refractivity contribution in [1.82, 2.24) is 4.68 Å². The van der Waals surface area contributed by atoms with Gasteiger partial charge in [-0.15, -0.1) is 11.3 Å². The zero-order valence-corrected chi connectivity index (χ0v) is 20.4. The highest BCUT2D eigenvalue weighted by molar-refractivity contribution is 7.07. The maximum Gasteiger partial charge on any atom is 0.387 e. The van der Waals surface area contributed by atoms with Crippen molar-refractivity contribution in [1.29, 1.82) is 0 Å². The number of hydrogen-bond donors (Lipinski definition) is 0. The predicted molar refractivity (Wildman–Crippen MR) is 132 cm³/mol. The van der Waals surface area contributed by atoms with Crippen molar-refractivity contribution in [3.05, 3.63) is 82.0 Å². The summed E-state index contributed by atoms with van der Waals surface area (Å²) in [5.74, 6) is 0.112. The molecular weight excluding hydrogens is 440 g/mol. The number of hydrogen-bond acceptors (Lipinski definition) is 4. The Morgan fingerprint density at radius 2 is 1.70 bits per heavy atom. The highest BCUT2D eigenvalue weighted by Crippen LogP contribution is 2.25. The average Bonchev–Trinajstić information content (AvgIpc) is 3.14.